The van der Waals surface area contributed by atoms with Gasteiger partial charge in [0.05, 0.1) is 0 Å². The molecule has 1 aromatic rings. The number of amidine groups is 1. The predicted molar refractivity (Wildman–Crippen MR) is 85.6 cm³/mol. The van der Waals surface area contributed by atoms with Gasteiger partial charge >= 0.3 is 0 Å². The molecule has 0 saturated carbocycles. The minimum atomic E-state index is -0.658. The number of para-hydroxylation sites is 1. The van der Waals surface area contributed by atoms with Crippen molar-refractivity contribution < 1.29 is 10.0 Å². The summed E-state index contributed by atoms with van der Waals surface area (Å²) in [5, 5.41) is 14.8. The van der Waals surface area contributed by atoms with E-state index < -0.39 is 5.92 Å². The highest BCUT2D eigenvalue weighted by Gasteiger charge is 2.27. The number of hydrogen-bond acceptors (Lipinski definition) is 3. The fourth-order valence-electron chi connectivity index (χ4n) is 2.38. The van der Waals surface area contributed by atoms with E-state index in [1.54, 1.807) is 0 Å². The maximum Gasteiger partial charge on any atom is 0.235 e. The lowest BCUT2D eigenvalue weighted by molar-refractivity contribution is -0.119. The van der Waals surface area contributed by atoms with E-state index >= 15 is 0 Å². The van der Waals surface area contributed by atoms with Crippen LogP contribution in [0.1, 0.15) is 44.7 Å². The molecule has 0 aliphatic heterocycles. The van der Waals surface area contributed by atoms with E-state index in [1.165, 1.54) is 0 Å². The molecule has 0 spiro atoms. The van der Waals surface area contributed by atoms with Crippen molar-refractivity contribution in [3.05, 3.63) is 29.3 Å². The zero-order valence-electron chi connectivity index (χ0n) is 13.3. The van der Waals surface area contributed by atoms with Gasteiger partial charge in [-0.05, 0) is 29.9 Å². The Labute approximate surface area is 126 Å². The number of anilines is 1. The molecule has 0 aliphatic rings. The first kappa shape index (κ1) is 17.0. The van der Waals surface area contributed by atoms with E-state index in [1.807, 2.05) is 39.0 Å². The molecule has 1 atom stereocenters. The molecule has 1 rings (SSSR count). The zero-order chi connectivity index (χ0) is 16.2. The van der Waals surface area contributed by atoms with Crippen molar-refractivity contribution in [2.75, 3.05) is 5.32 Å². The quantitative estimate of drug-likeness (QED) is 0.337. The van der Waals surface area contributed by atoms with Crippen LogP contribution in [0.4, 0.5) is 5.69 Å². The van der Waals surface area contributed by atoms with Crippen LogP contribution in [0.15, 0.2) is 23.4 Å². The summed E-state index contributed by atoms with van der Waals surface area (Å²) in [6.07, 6.45) is 0. The number of hydrogen-bond donors (Lipinski definition) is 3. The molecule has 0 bridgehead atoms. The molecule has 0 saturated heterocycles. The molecular formula is C16H25N3O2. The maximum absolute atomic E-state index is 12.5. The van der Waals surface area contributed by atoms with Crippen molar-refractivity contribution in [1.82, 2.24) is 0 Å². The van der Waals surface area contributed by atoms with E-state index in [2.05, 4.69) is 24.3 Å². The fraction of sp³-hybridized carbons (Fsp3) is 0.500. The average molecular weight is 291 g/mol. The summed E-state index contributed by atoms with van der Waals surface area (Å²) in [5.41, 5.74) is 8.53. The Morgan fingerprint density at radius 3 is 2.38 bits per heavy atom. The van der Waals surface area contributed by atoms with Crippen molar-refractivity contribution in [3.8, 4) is 0 Å². The lowest BCUT2D eigenvalue weighted by atomic mass is 9.92. The van der Waals surface area contributed by atoms with Gasteiger partial charge in [0.1, 0.15) is 5.92 Å². The molecule has 0 radical (unpaired) electrons. The normalized spacial score (nSPS) is 13.6. The van der Waals surface area contributed by atoms with Gasteiger partial charge < -0.3 is 16.3 Å². The summed E-state index contributed by atoms with van der Waals surface area (Å²) in [7, 11) is 0. The number of benzene rings is 1. The lowest BCUT2D eigenvalue weighted by Crippen LogP contribution is -2.38. The number of carbonyl (C=O) groups is 1. The summed E-state index contributed by atoms with van der Waals surface area (Å²) < 4.78 is 0. The van der Waals surface area contributed by atoms with Crippen LogP contribution in [0, 0.1) is 18.8 Å². The highest BCUT2D eigenvalue weighted by molar-refractivity contribution is 6.08. The van der Waals surface area contributed by atoms with Crippen LogP contribution >= 0.6 is 0 Å². The van der Waals surface area contributed by atoms with Crippen molar-refractivity contribution in [3.63, 3.8) is 0 Å². The average Bonchev–Trinajstić information content (AvgIpc) is 2.40. The Kier molecular flexibility index (Phi) is 5.76. The van der Waals surface area contributed by atoms with E-state index in [-0.39, 0.29) is 17.7 Å². The number of carbonyl (C=O) groups excluding carboxylic acids is 1. The molecule has 0 aliphatic carbocycles. The maximum atomic E-state index is 12.5. The smallest absolute Gasteiger partial charge is 0.235 e. The first-order chi connectivity index (χ1) is 9.79. The van der Waals surface area contributed by atoms with Gasteiger partial charge in [-0.15, -0.1) is 0 Å². The molecule has 4 N–H and O–H groups in total. The van der Waals surface area contributed by atoms with Crippen molar-refractivity contribution in [1.29, 1.82) is 0 Å². The SMILES string of the molecule is Cc1cccc(C(C)C)c1NC(=O)C(C(N)=NO)C(C)C. The molecular weight excluding hydrogens is 266 g/mol. The second-order valence-electron chi connectivity index (χ2n) is 5.93. The Balaban J connectivity index is 3.13. The van der Waals surface area contributed by atoms with E-state index in [9.17, 15) is 4.79 Å². The largest absolute Gasteiger partial charge is 0.409 e. The second kappa shape index (κ2) is 7.11. The highest BCUT2D eigenvalue weighted by Crippen LogP contribution is 2.28. The third kappa shape index (κ3) is 3.97. The zero-order valence-corrected chi connectivity index (χ0v) is 13.3. The summed E-state index contributed by atoms with van der Waals surface area (Å²) in [6, 6.07) is 5.93. The van der Waals surface area contributed by atoms with Crippen LogP contribution in [0.25, 0.3) is 0 Å². The molecule has 1 aromatic carbocycles. The molecule has 21 heavy (non-hydrogen) atoms. The van der Waals surface area contributed by atoms with Crippen LogP contribution in [-0.4, -0.2) is 17.0 Å². The summed E-state index contributed by atoms with van der Waals surface area (Å²) in [6.45, 7) is 9.84. The van der Waals surface area contributed by atoms with Gasteiger partial charge in [-0.2, -0.15) is 0 Å². The van der Waals surface area contributed by atoms with Crippen LogP contribution in [0.3, 0.4) is 0 Å². The number of oxime groups is 1. The molecule has 0 aromatic heterocycles. The van der Waals surface area contributed by atoms with Gasteiger partial charge in [-0.25, -0.2) is 0 Å². The van der Waals surface area contributed by atoms with Crippen molar-refractivity contribution in [2.24, 2.45) is 22.7 Å². The number of nitrogens with two attached hydrogens (primary N) is 1. The Morgan fingerprint density at radius 1 is 1.29 bits per heavy atom. The van der Waals surface area contributed by atoms with E-state index in [0.29, 0.717) is 5.92 Å². The van der Waals surface area contributed by atoms with Gasteiger partial charge in [0.15, 0.2) is 5.84 Å². The number of amides is 1. The third-order valence-corrected chi connectivity index (χ3v) is 3.56. The molecule has 1 amide bonds. The van der Waals surface area contributed by atoms with Crippen molar-refractivity contribution >= 4 is 17.4 Å². The Hall–Kier alpha value is -2.04. The minimum Gasteiger partial charge on any atom is -0.409 e. The first-order valence-electron chi connectivity index (χ1n) is 7.17. The molecule has 5 nitrogen and oxygen atoms in total. The molecule has 0 fully saturated rings. The Morgan fingerprint density at radius 2 is 1.90 bits per heavy atom. The van der Waals surface area contributed by atoms with Gasteiger partial charge in [-0.1, -0.05) is 51.0 Å². The monoisotopic (exact) mass is 291 g/mol. The molecule has 1 unspecified atom stereocenters. The number of aryl methyl sites for hydroxylation is 1. The van der Waals surface area contributed by atoms with E-state index in [0.717, 1.165) is 16.8 Å². The third-order valence-electron chi connectivity index (χ3n) is 3.56. The minimum absolute atomic E-state index is 0.0626. The summed E-state index contributed by atoms with van der Waals surface area (Å²) in [5.74, 6) is -0.748. The summed E-state index contributed by atoms with van der Waals surface area (Å²) >= 11 is 0. The van der Waals surface area contributed by atoms with Crippen LogP contribution in [0.2, 0.25) is 0 Å². The fourth-order valence-corrected chi connectivity index (χ4v) is 2.38. The van der Waals surface area contributed by atoms with Crippen molar-refractivity contribution in [2.45, 2.75) is 40.5 Å². The van der Waals surface area contributed by atoms with Gasteiger partial charge in [0.25, 0.3) is 0 Å². The van der Waals surface area contributed by atoms with Crippen LogP contribution in [-0.2, 0) is 4.79 Å². The molecule has 116 valence electrons. The number of nitrogens with one attached hydrogen (secondary N) is 1. The number of nitrogens with zero attached hydrogens (tertiary/aromatic N) is 1. The second-order valence-corrected chi connectivity index (χ2v) is 5.93. The van der Waals surface area contributed by atoms with Gasteiger partial charge in [-0.3, -0.25) is 4.79 Å². The first-order valence-corrected chi connectivity index (χ1v) is 7.17. The Bertz CT molecular complexity index is 536. The summed E-state index contributed by atoms with van der Waals surface area (Å²) in [4.78, 5) is 12.5. The topological polar surface area (TPSA) is 87.7 Å². The predicted octanol–water partition coefficient (Wildman–Crippen LogP) is 3.08. The van der Waals surface area contributed by atoms with Crippen LogP contribution < -0.4 is 11.1 Å². The van der Waals surface area contributed by atoms with E-state index in [4.69, 9.17) is 10.9 Å². The van der Waals surface area contributed by atoms with Gasteiger partial charge in [0.2, 0.25) is 5.91 Å². The number of rotatable bonds is 5. The molecule has 0 heterocycles. The highest BCUT2D eigenvalue weighted by atomic mass is 16.4. The molecule has 5 heteroatoms. The van der Waals surface area contributed by atoms with Gasteiger partial charge in [0, 0.05) is 5.69 Å². The van der Waals surface area contributed by atoms with Crippen LogP contribution in [0.5, 0.6) is 0 Å². The standard InChI is InChI=1S/C16H25N3O2/c1-9(2)12-8-6-7-11(5)14(12)18-16(20)13(10(3)4)15(17)19-21/h6-10,13,21H,1-5H3,(H2,17,19)(H,18,20). The lowest BCUT2D eigenvalue weighted by Gasteiger charge is -2.22.